The lowest BCUT2D eigenvalue weighted by Crippen LogP contribution is -2.19. The maximum atomic E-state index is 13.4. The van der Waals surface area contributed by atoms with Gasteiger partial charge in [-0.3, -0.25) is 4.79 Å². The molecule has 15 heavy (non-hydrogen) atoms. The summed E-state index contributed by atoms with van der Waals surface area (Å²) in [6.07, 6.45) is 1.01. The van der Waals surface area contributed by atoms with Crippen LogP contribution in [0, 0.1) is 17.5 Å². The number of hydrogen-bond donors (Lipinski definition) is 0. The number of halogens is 3. The fourth-order valence-corrected chi connectivity index (χ4v) is 1.83. The average molecular weight is 214 g/mol. The Hall–Kier alpha value is -1.32. The van der Waals surface area contributed by atoms with E-state index in [0.717, 1.165) is 12.1 Å². The number of hydrogen-bond acceptors (Lipinski definition) is 1. The van der Waals surface area contributed by atoms with Crippen molar-refractivity contribution in [1.82, 2.24) is 0 Å². The molecule has 2 rings (SSSR count). The first-order valence-electron chi connectivity index (χ1n) is 4.64. The summed E-state index contributed by atoms with van der Waals surface area (Å²) in [4.78, 5) is 11.3. The molecule has 1 aliphatic carbocycles. The van der Waals surface area contributed by atoms with Gasteiger partial charge in [0.05, 0.1) is 5.41 Å². The third-order valence-electron chi connectivity index (χ3n) is 2.97. The minimum atomic E-state index is -1.50. The molecule has 0 bridgehead atoms. The molecule has 1 nitrogen and oxygen atoms in total. The quantitative estimate of drug-likeness (QED) is 0.692. The van der Waals surface area contributed by atoms with Crippen LogP contribution in [-0.4, -0.2) is 5.78 Å². The second-order valence-electron chi connectivity index (χ2n) is 3.86. The summed E-state index contributed by atoms with van der Waals surface area (Å²) in [5.74, 6) is -4.16. The molecule has 1 fully saturated rings. The lowest BCUT2D eigenvalue weighted by atomic mass is 9.91. The Morgan fingerprint density at radius 2 is 1.80 bits per heavy atom. The molecule has 1 saturated carbocycles. The van der Waals surface area contributed by atoms with E-state index in [0.29, 0.717) is 12.8 Å². The number of ketones is 1. The van der Waals surface area contributed by atoms with Crippen LogP contribution in [0.4, 0.5) is 13.2 Å². The maximum absolute atomic E-state index is 13.4. The fourth-order valence-electron chi connectivity index (χ4n) is 1.83. The van der Waals surface area contributed by atoms with Gasteiger partial charge in [-0.15, -0.1) is 0 Å². The van der Waals surface area contributed by atoms with Gasteiger partial charge in [-0.25, -0.2) is 13.2 Å². The standard InChI is InChI=1S/C11H9F3O/c1-6(15)11(4-5-11)7-2-3-8(12)10(14)9(7)13/h2-3H,4-5H2,1H3. The highest BCUT2D eigenvalue weighted by molar-refractivity contribution is 5.91. The van der Waals surface area contributed by atoms with Crippen molar-refractivity contribution in [1.29, 1.82) is 0 Å². The Balaban J connectivity index is 2.55. The Kier molecular flexibility index (Phi) is 2.10. The van der Waals surface area contributed by atoms with Gasteiger partial charge < -0.3 is 0 Å². The van der Waals surface area contributed by atoms with E-state index >= 15 is 0 Å². The van der Waals surface area contributed by atoms with Crippen LogP contribution in [0.25, 0.3) is 0 Å². The van der Waals surface area contributed by atoms with Crippen molar-refractivity contribution >= 4 is 5.78 Å². The van der Waals surface area contributed by atoms with Gasteiger partial charge in [0.15, 0.2) is 17.5 Å². The Morgan fingerprint density at radius 1 is 1.20 bits per heavy atom. The second kappa shape index (κ2) is 3.08. The van der Waals surface area contributed by atoms with Crippen LogP contribution in [0.1, 0.15) is 25.3 Å². The zero-order valence-corrected chi connectivity index (χ0v) is 8.11. The zero-order chi connectivity index (χ0) is 11.2. The predicted octanol–water partition coefficient (Wildman–Crippen LogP) is 2.72. The van der Waals surface area contributed by atoms with Gasteiger partial charge in [0.1, 0.15) is 5.78 Å². The van der Waals surface area contributed by atoms with Crippen LogP contribution in [0.2, 0.25) is 0 Å². The summed E-state index contributed by atoms with van der Waals surface area (Å²) in [5.41, 5.74) is -0.924. The SMILES string of the molecule is CC(=O)C1(c2ccc(F)c(F)c2F)CC1. The van der Waals surface area contributed by atoms with Gasteiger partial charge in [0.2, 0.25) is 0 Å². The van der Waals surface area contributed by atoms with E-state index in [1.54, 1.807) is 0 Å². The van der Waals surface area contributed by atoms with Gasteiger partial charge in [-0.05, 0) is 25.8 Å². The third kappa shape index (κ3) is 1.35. The van der Waals surface area contributed by atoms with Crippen molar-refractivity contribution in [2.75, 3.05) is 0 Å². The number of rotatable bonds is 2. The normalized spacial score (nSPS) is 17.6. The van der Waals surface area contributed by atoms with Gasteiger partial charge in [0, 0.05) is 5.56 Å². The molecule has 0 aliphatic heterocycles. The molecular formula is C11H9F3O. The van der Waals surface area contributed by atoms with E-state index in [9.17, 15) is 18.0 Å². The van der Waals surface area contributed by atoms with Crippen LogP contribution >= 0.6 is 0 Å². The maximum Gasteiger partial charge on any atom is 0.194 e. The van der Waals surface area contributed by atoms with Crippen LogP contribution in [0.5, 0.6) is 0 Å². The second-order valence-corrected chi connectivity index (χ2v) is 3.86. The van der Waals surface area contributed by atoms with Crippen molar-refractivity contribution in [2.45, 2.75) is 25.2 Å². The lowest BCUT2D eigenvalue weighted by Gasteiger charge is -2.13. The summed E-state index contributed by atoms with van der Waals surface area (Å²) < 4.78 is 39.0. The van der Waals surface area contributed by atoms with Crippen LogP contribution in [0.15, 0.2) is 12.1 Å². The van der Waals surface area contributed by atoms with Crippen molar-refractivity contribution in [3.63, 3.8) is 0 Å². The molecule has 0 saturated heterocycles. The van der Waals surface area contributed by atoms with Crippen molar-refractivity contribution in [3.8, 4) is 0 Å². The molecule has 0 unspecified atom stereocenters. The summed E-state index contributed by atoms with van der Waals surface area (Å²) in [6, 6.07) is 2.01. The topological polar surface area (TPSA) is 17.1 Å². The monoisotopic (exact) mass is 214 g/mol. The molecule has 1 aliphatic rings. The first kappa shape index (κ1) is 10.2. The van der Waals surface area contributed by atoms with E-state index in [1.165, 1.54) is 6.92 Å². The Bertz CT molecular complexity index is 436. The number of carbonyl (C=O) groups excluding carboxylic acids is 1. The molecule has 0 atom stereocenters. The zero-order valence-electron chi connectivity index (χ0n) is 8.11. The van der Waals surface area contributed by atoms with Crippen LogP contribution in [0.3, 0.4) is 0 Å². The minimum Gasteiger partial charge on any atom is -0.299 e. The summed E-state index contributed by atoms with van der Waals surface area (Å²) in [6.45, 7) is 1.34. The van der Waals surface area contributed by atoms with Gasteiger partial charge in [0.25, 0.3) is 0 Å². The number of benzene rings is 1. The number of Topliss-reactive ketones (excluding diaryl/α,β-unsaturated/α-hetero) is 1. The minimum absolute atomic E-state index is 0.0195. The van der Waals surface area contributed by atoms with Crippen molar-refractivity contribution in [3.05, 3.63) is 35.1 Å². The fraction of sp³-hybridized carbons (Fsp3) is 0.364. The number of carbonyl (C=O) groups is 1. The molecule has 4 heteroatoms. The van der Waals surface area contributed by atoms with Gasteiger partial charge >= 0.3 is 0 Å². The first-order chi connectivity index (χ1) is 6.99. The molecule has 0 N–H and O–H groups in total. The first-order valence-corrected chi connectivity index (χ1v) is 4.64. The average Bonchev–Trinajstić information content (AvgIpc) is 2.95. The summed E-state index contributed by atoms with van der Waals surface area (Å²) >= 11 is 0. The molecule has 0 spiro atoms. The van der Waals surface area contributed by atoms with Crippen molar-refractivity contribution in [2.24, 2.45) is 0 Å². The van der Waals surface area contributed by atoms with E-state index in [2.05, 4.69) is 0 Å². The highest BCUT2D eigenvalue weighted by atomic mass is 19.2. The van der Waals surface area contributed by atoms with E-state index in [4.69, 9.17) is 0 Å². The molecule has 1 aromatic rings. The Morgan fingerprint density at radius 3 is 2.27 bits per heavy atom. The summed E-state index contributed by atoms with van der Waals surface area (Å²) in [7, 11) is 0. The largest absolute Gasteiger partial charge is 0.299 e. The van der Waals surface area contributed by atoms with Crippen LogP contribution in [-0.2, 0) is 10.2 Å². The third-order valence-corrected chi connectivity index (χ3v) is 2.97. The summed E-state index contributed by atoms with van der Waals surface area (Å²) in [5, 5.41) is 0. The molecule has 0 heterocycles. The van der Waals surface area contributed by atoms with Crippen LogP contribution < -0.4 is 0 Å². The molecule has 0 radical (unpaired) electrons. The van der Waals surface area contributed by atoms with Gasteiger partial charge in [-0.1, -0.05) is 6.07 Å². The molecule has 1 aromatic carbocycles. The highest BCUT2D eigenvalue weighted by Gasteiger charge is 2.50. The molecule has 0 aromatic heterocycles. The smallest absolute Gasteiger partial charge is 0.194 e. The highest BCUT2D eigenvalue weighted by Crippen LogP contribution is 2.50. The molecule has 0 amide bonds. The van der Waals surface area contributed by atoms with E-state index in [-0.39, 0.29) is 11.3 Å². The molecular weight excluding hydrogens is 205 g/mol. The van der Waals surface area contributed by atoms with Crippen molar-refractivity contribution < 1.29 is 18.0 Å². The lowest BCUT2D eigenvalue weighted by molar-refractivity contribution is -0.119. The van der Waals surface area contributed by atoms with Gasteiger partial charge in [-0.2, -0.15) is 0 Å². The molecule has 80 valence electrons. The Labute approximate surface area is 84.9 Å². The predicted molar refractivity (Wildman–Crippen MR) is 47.9 cm³/mol. The van der Waals surface area contributed by atoms with E-state index < -0.39 is 22.9 Å². The van der Waals surface area contributed by atoms with E-state index in [1.807, 2.05) is 0 Å².